The fourth-order valence-electron chi connectivity index (χ4n) is 2.77. The van der Waals surface area contributed by atoms with Gasteiger partial charge in [0.1, 0.15) is 5.01 Å². The summed E-state index contributed by atoms with van der Waals surface area (Å²) < 4.78 is 27.1. The first kappa shape index (κ1) is 19.3. The van der Waals surface area contributed by atoms with Crippen LogP contribution in [0.4, 0.5) is 0 Å². The lowest BCUT2D eigenvalue weighted by Gasteiger charge is -2.08. The lowest BCUT2D eigenvalue weighted by atomic mass is 10.1. The van der Waals surface area contributed by atoms with Crippen LogP contribution in [0.5, 0.6) is 0 Å². The molecular weight excluding hydrogens is 376 g/mol. The molecule has 0 saturated carbocycles. The van der Waals surface area contributed by atoms with Gasteiger partial charge in [-0.1, -0.05) is 42.8 Å². The minimum absolute atomic E-state index is 0.282. The van der Waals surface area contributed by atoms with Gasteiger partial charge in [0.05, 0.1) is 4.90 Å². The van der Waals surface area contributed by atoms with E-state index in [1.807, 2.05) is 30.5 Å². The first-order valence-corrected chi connectivity index (χ1v) is 11.0. The molecular formula is C21H22N2O2S2. The van der Waals surface area contributed by atoms with E-state index < -0.39 is 10.0 Å². The summed E-state index contributed by atoms with van der Waals surface area (Å²) in [5.41, 5.74) is 3.89. The average Bonchev–Trinajstić information content (AvgIpc) is 3.33. The lowest BCUT2D eigenvalue weighted by Crippen LogP contribution is -2.13. The van der Waals surface area contributed by atoms with Crippen LogP contribution in [0.2, 0.25) is 0 Å². The quantitative estimate of drug-likeness (QED) is 0.523. The van der Waals surface area contributed by atoms with Gasteiger partial charge in [0, 0.05) is 29.0 Å². The molecule has 3 aromatic rings. The third-order valence-corrected chi connectivity index (χ3v) is 7.11. The van der Waals surface area contributed by atoms with Crippen molar-refractivity contribution in [2.75, 3.05) is 0 Å². The summed E-state index contributed by atoms with van der Waals surface area (Å²) in [6.45, 7) is 6.03. The summed E-state index contributed by atoms with van der Waals surface area (Å²) in [5.74, 6) is 0. The van der Waals surface area contributed by atoms with Crippen LogP contribution < -0.4 is 0 Å². The zero-order valence-corrected chi connectivity index (χ0v) is 17.2. The van der Waals surface area contributed by atoms with Crippen molar-refractivity contribution in [1.82, 2.24) is 8.96 Å². The summed E-state index contributed by atoms with van der Waals surface area (Å²) in [7, 11) is -3.59. The van der Waals surface area contributed by atoms with E-state index >= 15 is 0 Å². The smallest absolute Gasteiger partial charge is 0.246 e. The molecule has 6 heteroatoms. The lowest BCUT2D eigenvalue weighted by molar-refractivity contribution is 0.586. The van der Waals surface area contributed by atoms with Crippen molar-refractivity contribution in [3.05, 3.63) is 82.1 Å². The average molecular weight is 399 g/mol. The van der Waals surface area contributed by atoms with Crippen molar-refractivity contribution in [3.8, 4) is 0 Å². The van der Waals surface area contributed by atoms with Gasteiger partial charge in [0.2, 0.25) is 0 Å². The Hall–Kier alpha value is -2.44. The van der Waals surface area contributed by atoms with Crippen LogP contribution >= 0.6 is 11.3 Å². The molecule has 2 aromatic heterocycles. The number of rotatable bonds is 6. The van der Waals surface area contributed by atoms with Crippen LogP contribution in [0.25, 0.3) is 11.6 Å². The molecule has 1 aromatic carbocycles. The van der Waals surface area contributed by atoms with E-state index in [4.69, 9.17) is 0 Å². The van der Waals surface area contributed by atoms with Gasteiger partial charge in [-0.2, -0.15) is 0 Å². The Labute approximate surface area is 164 Å². The highest BCUT2D eigenvalue weighted by molar-refractivity contribution is 7.90. The maximum atomic E-state index is 12.9. The van der Waals surface area contributed by atoms with Gasteiger partial charge in [-0.3, -0.25) is 0 Å². The fraction of sp³-hybridized carbons (Fsp3) is 0.190. The molecule has 0 amide bonds. The largest absolute Gasteiger partial charge is 0.267 e. The number of hydrogen-bond donors (Lipinski definition) is 0. The Morgan fingerprint density at radius 3 is 2.59 bits per heavy atom. The highest BCUT2D eigenvalue weighted by Gasteiger charge is 2.19. The number of allylic oxidation sites excluding steroid dienone is 3. The molecule has 0 aliphatic rings. The Morgan fingerprint density at radius 2 is 1.96 bits per heavy atom. The van der Waals surface area contributed by atoms with Gasteiger partial charge < -0.3 is 0 Å². The first-order chi connectivity index (χ1) is 12.9. The highest BCUT2D eigenvalue weighted by atomic mass is 32.2. The zero-order chi connectivity index (χ0) is 19.4. The van der Waals surface area contributed by atoms with E-state index in [1.165, 1.54) is 9.55 Å². The van der Waals surface area contributed by atoms with E-state index in [1.54, 1.807) is 54.1 Å². The summed E-state index contributed by atoms with van der Waals surface area (Å²) in [6.07, 6.45) is 8.32. The van der Waals surface area contributed by atoms with E-state index in [0.717, 1.165) is 22.6 Å². The molecule has 4 nitrogen and oxygen atoms in total. The molecule has 140 valence electrons. The molecule has 0 spiro atoms. The minimum Gasteiger partial charge on any atom is -0.246 e. The van der Waals surface area contributed by atoms with Crippen LogP contribution in [-0.2, 0) is 10.0 Å². The number of nitrogens with zero attached hydrogens (tertiary/aromatic N) is 2. The van der Waals surface area contributed by atoms with Crippen molar-refractivity contribution in [2.45, 2.75) is 32.1 Å². The predicted molar refractivity (Wildman–Crippen MR) is 112 cm³/mol. The number of aromatic nitrogens is 2. The van der Waals surface area contributed by atoms with E-state index in [2.05, 4.69) is 18.8 Å². The molecule has 0 saturated heterocycles. The van der Waals surface area contributed by atoms with E-state index in [0.29, 0.717) is 5.69 Å². The fourth-order valence-corrected chi connectivity index (χ4v) is 4.92. The molecule has 0 N–H and O–H groups in total. The minimum atomic E-state index is -3.59. The standard InChI is InChI=1S/C21H22N2O2S2/c1-4-16(2)20(21-22-13-15-26-21)11-10-18-12-14-23(17(18)3)27(24,25)19-8-6-5-7-9-19/h5-15H,4H2,1-3H3/b11-10-,20-16-. The van der Waals surface area contributed by atoms with Gasteiger partial charge in [-0.05, 0) is 44.0 Å². The van der Waals surface area contributed by atoms with Crippen LogP contribution in [0.1, 0.15) is 36.5 Å². The van der Waals surface area contributed by atoms with E-state index in [9.17, 15) is 8.42 Å². The maximum Gasteiger partial charge on any atom is 0.267 e. The first-order valence-electron chi connectivity index (χ1n) is 8.71. The van der Waals surface area contributed by atoms with Gasteiger partial charge in [-0.15, -0.1) is 11.3 Å². The second kappa shape index (κ2) is 8.06. The Balaban J connectivity index is 1.98. The van der Waals surface area contributed by atoms with Gasteiger partial charge in [-0.25, -0.2) is 17.4 Å². The Morgan fingerprint density at radius 1 is 1.22 bits per heavy atom. The van der Waals surface area contributed by atoms with Crippen molar-refractivity contribution >= 4 is 33.0 Å². The molecule has 0 unspecified atom stereocenters. The third kappa shape index (κ3) is 3.96. The monoisotopic (exact) mass is 398 g/mol. The molecule has 0 radical (unpaired) electrons. The van der Waals surface area contributed by atoms with Gasteiger partial charge >= 0.3 is 0 Å². The summed E-state index contributed by atoms with van der Waals surface area (Å²) in [4.78, 5) is 4.69. The zero-order valence-electron chi connectivity index (χ0n) is 15.6. The molecule has 0 aliphatic carbocycles. The van der Waals surface area contributed by atoms with Crippen LogP contribution in [0, 0.1) is 6.92 Å². The molecule has 0 aliphatic heterocycles. The summed E-state index contributed by atoms with van der Waals surface area (Å²) >= 11 is 1.60. The van der Waals surface area contributed by atoms with Crippen LogP contribution in [-0.4, -0.2) is 17.4 Å². The molecule has 3 rings (SSSR count). The van der Waals surface area contributed by atoms with Crippen LogP contribution in [0.3, 0.4) is 0 Å². The summed E-state index contributed by atoms with van der Waals surface area (Å²) in [5, 5.41) is 2.93. The van der Waals surface area contributed by atoms with Crippen molar-refractivity contribution in [2.24, 2.45) is 0 Å². The van der Waals surface area contributed by atoms with Gasteiger partial charge in [0.15, 0.2) is 0 Å². The molecule has 0 atom stereocenters. The molecule has 27 heavy (non-hydrogen) atoms. The maximum absolute atomic E-state index is 12.9. The second-order valence-corrected chi connectivity index (χ2v) is 8.90. The summed E-state index contributed by atoms with van der Waals surface area (Å²) in [6, 6.07) is 10.3. The van der Waals surface area contributed by atoms with Crippen molar-refractivity contribution < 1.29 is 8.42 Å². The van der Waals surface area contributed by atoms with Crippen LogP contribution in [0.15, 0.2) is 70.7 Å². The molecule has 0 bridgehead atoms. The van der Waals surface area contributed by atoms with Crippen molar-refractivity contribution in [3.63, 3.8) is 0 Å². The number of hydrogen-bond acceptors (Lipinski definition) is 4. The van der Waals surface area contributed by atoms with E-state index in [-0.39, 0.29) is 4.90 Å². The Bertz CT molecular complexity index is 1070. The predicted octanol–water partition coefficient (Wildman–Crippen LogP) is 5.39. The number of thiazole rings is 1. The topological polar surface area (TPSA) is 52.0 Å². The normalized spacial score (nSPS) is 13.1. The number of benzene rings is 1. The van der Waals surface area contributed by atoms with Gasteiger partial charge in [0.25, 0.3) is 10.0 Å². The van der Waals surface area contributed by atoms with Crippen molar-refractivity contribution in [1.29, 1.82) is 0 Å². The highest BCUT2D eigenvalue weighted by Crippen LogP contribution is 2.26. The SMILES string of the molecule is CC/C(C)=C(/C=C\c1ccn(S(=O)(=O)c2ccccc2)c1C)c1nccs1. The third-order valence-electron chi connectivity index (χ3n) is 4.52. The second-order valence-electron chi connectivity index (χ2n) is 6.19. The Kier molecular flexibility index (Phi) is 5.77. The molecule has 2 heterocycles. The molecule has 0 fully saturated rings.